The lowest BCUT2D eigenvalue weighted by atomic mass is 9.97. The van der Waals surface area contributed by atoms with Crippen LogP contribution in [0.25, 0.3) is 0 Å². The zero-order chi connectivity index (χ0) is 15.0. The highest BCUT2D eigenvalue weighted by molar-refractivity contribution is 5.58. The summed E-state index contributed by atoms with van der Waals surface area (Å²) in [5, 5.41) is 14.5. The zero-order valence-corrected chi connectivity index (χ0v) is 12.4. The van der Waals surface area contributed by atoms with Crippen molar-refractivity contribution >= 4 is 11.4 Å². The molecule has 21 heavy (non-hydrogen) atoms. The maximum atomic E-state index is 11.1. The van der Waals surface area contributed by atoms with Crippen molar-refractivity contribution in [1.82, 2.24) is 4.90 Å². The van der Waals surface area contributed by atoms with E-state index in [1.807, 2.05) is 6.07 Å². The summed E-state index contributed by atoms with van der Waals surface area (Å²) in [4.78, 5) is 13.2. The van der Waals surface area contributed by atoms with E-state index < -0.39 is 4.92 Å². The molecule has 1 N–H and O–H groups in total. The summed E-state index contributed by atoms with van der Waals surface area (Å²) in [6, 6.07) is 6.77. The second kappa shape index (κ2) is 5.52. The van der Waals surface area contributed by atoms with E-state index >= 15 is 0 Å². The predicted octanol–water partition coefficient (Wildman–Crippen LogP) is 2.64. The van der Waals surface area contributed by atoms with Gasteiger partial charge in [0.15, 0.2) is 5.75 Å². The summed E-state index contributed by atoms with van der Waals surface area (Å²) in [5.74, 6) is 0.300. The lowest BCUT2D eigenvalue weighted by molar-refractivity contribution is -0.385. The SMILES string of the molecule is COc1ccc(NC2CC3CCC(C2)N3C)cc1[N+](=O)[O-]. The van der Waals surface area contributed by atoms with Gasteiger partial charge in [-0.1, -0.05) is 0 Å². The van der Waals surface area contributed by atoms with Crippen LogP contribution in [0.5, 0.6) is 5.75 Å². The summed E-state index contributed by atoms with van der Waals surface area (Å²) < 4.78 is 5.03. The van der Waals surface area contributed by atoms with Crippen molar-refractivity contribution in [1.29, 1.82) is 0 Å². The maximum absolute atomic E-state index is 11.1. The van der Waals surface area contributed by atoms with Gasteiger partial charge >= 0.3 is 5.69 Å². The average Bonchev–Trinajstić information content (AvgIpc) is 2.69. The van der Waals surface area contributed by atoms with E-state index in [1.165, 1.54) is 20.0 Å². The highest BCUT2D eigenvalue weighted by atomic mass is 16.6. The van der Waals surface area contributed by atoms with Crippen LogP contribution in [-0.2, 0) is 0 Å². The molecule has 2 aliphatic heterocycles. The summed E-state index contributed by atoms with van der Waals surface area (Å²) >= 11 is 0. The van der Waals surface area contributed by atoms with E-state index in [0.29, 0.717) is 23.9 Å². The second-order valence-electron chi connectivity index (χ2n) is 6.01. The minimum absolute atomic E-state index is 0.0124. The topological polar surface area (TPSA) is 67.6 Å². The number of rotatable bonds is 4. The van der Waals surface area contributed by atoms with E-state index in [0.717, 1.165) is 18.5 Å². The number of benzene rings is 1. The summed E-state index contributed by atoms with van der Waals surface area (Å²) in [5.41, 5.74) is 0.815. The van der Waals surface area contributed by atoms with Crippen LogP contribution in [0.15, 0.2) is 18.2 Å². The Labute approximate surface area is 124 Å². The molecule has 2 heterocycles. The highest BCUT2D eigenvalue weighted by Crippen LogP contribution is 2.36. The Morgan fingerprint density at radius 2 is 2.00 bits per heavy atom. The molecule has 6 heteroatoms. The van der Waals surface area contributed by atoms with Crippen molar-refractivity contribution in [3.05, 3.63) is 28.3 Å². The van der Waals surface area contributed by atoms with Crippen molar-refractivity contribution < 1.29 is 9.66 Å². The lowest BCUT2D eigenvalue weighted by Crippen LogP contribution is -2.44. The van der Waals surface area contributed by atoms with Crippen LogP contribution in [0.2, 0.25) is 0 Å². The molecule has 2 saturated heterocycles. The molecule has 6 nitrogen and oxygen atoms in total. The van der Waals surface area contributed by atoms with Crippen LogP contribution < -0.4 is 10.1 Å². The van der Waals surface area contributed by atoms with Gasteiger partial charge in [0.1, 0.15) is 0 Å². The molecular weight excluding hydrogens is 270 g/mol. The first kappa shape index (κ1) is 14.1. The van der Waals surface area contributed by atoms with Gasteiger partial charge in [-0.15, -0.1) is 0 Å². The van der Waals surface area contributed by atoms with Crippen molar-refractivity contribution in [2.24, 2.45) is 0 Å². The smallest absolute Gasteiger partial charge is 0.312 e. The van der Waals surface area contributed by atoms with Crippen molar-refractivity contribution in [2.45, 2.75) is 43.8 Å². The second-order valence-corrected chi connectivity index (χ2v) is 6.01. The van der Waals surface area contributed by atoms with Gasteiger partial charge in [0.2, 0.25) is 0 Å². The van der Waals surface area contributed by atoms with E-state index in [4.69, 9.17) is 4.74 Å². The number of ether oxygens (including phenoxy) is 1. The van der Waals surface area contributed by atoms with Crippen LogP contribution >= 0.6 is 0 Å². The van der Waals surface area contributed by atoms with Gasteiger partial charge in [0.25, 0.3) is 0 Å². The molecule has 0 spiro atoms. The molecular formula is C15H21N3O3. The van der Waals surface area contributed by atoms with Gasteiger partial charge in [0.05, 0.1) is 12.0 Å². The summed E-state index contributed by atoms with van der Waals surface area (Å²) in [6.45, 7) is 0. The zero-order valence-electron chi connectivity index (χ0n) is 12.4. The van der Waals surface area contributed by atoms with Crippen molar-refractivity contribution in [3.63, 3.8) is 0 Å². The number of hydrogen-bond donors (Lipinski definition) is 1. The largest absolute Gasteiger partial charge is 0.490 e. The maximum Gasteiger partial charge on any atom is 0.312 e. The summed E-state index contributed by atoms with van der Waals surface area (Å²) in [7, 11) is 3.65. The third-order valence-electron chi connectivity index (χ3n) is 4.84. The van der Waals surface area contributed by atoms with Gasteiger partial charge in [0, 0.05) is 29.9 Å². The fourth-order valence-corrected chi connectivity index (χ4v) is 3.69. The van der Waals surface area contributed by atoms with E-state index in [-0.39, 0.29) is 5.69 Å². The standard InChI is InChI=1S/C15H21N3O3/c1-17-12-4-5-13(17)8-11(7-12)16-10-3-6-15(21-2)14(9-10)18(19)20/h3,6,9,11-13,16H,4-5,7-8H2,1-2H3. The van der Waals surface area contributed by atoms with Gasteiger partial charge in [-0.25, -0.2) is 0 Å². The number of nitrogens with zero attached hydrogens (tertiary/aromatic N) is 2. The molecule has 2 fully saturated rings. The molecule has 2 aliphatic rings. The molecule has 0 amide bonds. The van der Waals surface area contributed by atoms with Crippen molar-refractivity contribution in [2.75, 3.05) is 19.5 Å². The molecule has 1 aromatic carbocycles. The molecule has 3 rings (SSSR count). The molecule has 2 unspecified atom stereocenters. The lowest BCUT2D eigenvalue weighted by Gasteiger charge is -2.37. The van der Waals surface area contributed by atoms with Crippen LogP contribution in [0, 0.1) is 10.1 Å². The number of nitrogens with one attached hydrogen (secondary N) is 1. The number of nitro groups is 1. The quantitative estimate of drug-likeness (QED) is 0.682. The Morgan fingerprint density at radius 3 is 2.57 bits per heavy atom. The fraction of sp³-hybridized carbons (Fsp3) is 0.600. The summed E-state index contributed by atoms with van der Waals surface area (Å²) in [6.07, 6.45) is 4.74. The fourth-order valence-electron chi connectivity index (χ4n) is 3.69. The molecule has 0 radical (unpaired) electrons. The van der Waals surface area contributed by atoms with Crippen LogP contribution in [0.3, 0.4) is 0 Å². The van der Waals surface area contributed by atoms with Gasteiger partial charge < -0.3 is 15.0 Å². The van der Waals surface area contributed by atoms with E-state index in [1.54, 1.807) is 12.1 Å². The average molecular weight is 291 g/mol. The Morgan fingerprint density at radius 1 is 1.33 bits per heavy atom. The molecule has 114 valence electrons. The normalized spacial score (nSPS) is 28.4. The number of piperidine rings is 1. The number of anilines is 1. The molecule has 0 aliphatic carbocycles. The van der Waals surface area contributed by atoms with Gasteiger partial charge in [-0.05, 0) is 44.9 Å². The first-order chi connectivity index (χ1) is 10.1. The monoisotopic (exact) mass is 291 g/mol. The molecule has 1 aromatic rings. The highest BCUT2D eigenvalue weighted by Gasteiger charge is 2.38. The molecule has 2 bridgehead atoms. The van der Waals surface area contributed by atoms with Gasteiger partial charge in [-0.2, -0.15) is 0 Å². The third kappa shape index (κ3) is 2.68. The minimum atomic E-state index is -0.400. The van der Waals surface area contributed by atoms with Crippen LogP contribution in [0.4, 0.5) is 11.4 Å². The number of nitro benzene ring substituents is 1. The van der Waals surface area contributed by atoms with Gasteiger partial charge in [-0.3, -0.25) is 10.1 Å². The Bertz CT molecular complexity index is 535. The van der Waals surface area contributed by atoms with Crippen LogP contribution in [-0.4, -0.2) is 42.1 Å². The number of fused-ring (bicyclic) bond motifs is 2. The Hall–Kier alpha value is -1.82. The van der Waals surface area contributed by atoms with E-state index in [9.17, 15) is 10.1 Å². The number of hydrogen-bond acceptors (Lipinski definition) is 5. The molecule has 2 atom stereocenters. The first-order valence-electron chi connectivity index (χ1n) is 7.39. The Kier molecular flexibility index (Phi) is 3.71. The predicted molar refractivity (Wildman–Crippen MR) is 80.9 cm³/mol. The number of methoxy groups -OCH3 is 1. The Balaban J connectivity index is 1.74. The third-order valence-corrected chi connectivity index (χ3v) is 4.84. The minimum Gasteiger partial charge on any atom is -0.490 e. The first-order valence-corrected chi connectivity index (χ1v) is 7.39. The van der Waals surface area contributed by atoms with E-state index in [2.05, 4.69) is 17.3 Å². The molecule has 0 aromatic heterocycles. The van der Waals surface area contributed by atoms with Crippen molar-refractivity contribution in [3.8, 4) is 5.75 Å². The molecule has 0 saturated carbocycles. The van der Waals surface area contributed by atoms with Crippen LogP contribution in [0.1, 0.15) is 25.7 Å².